The van der Waals surface area contributed by atoms with E-state index in [1.807, 2.05) is 0 Å². The molecule has 11 heteroatoms. The molecule has 166 valence electrons. The van der Waals surface area contributed by atoms with E-state index < -0.39 is 41.9 Å². The van der Waals surface area contributed by atoms with Crippen LogP contribution >= 0.6 is 0 Å². The van der Waals surface area contributed by atoms with Gasteiger partial charge in [0.2, 0.25) is 11.8 Å². The quantitative estimate of drug-likeness (QED) is 0.678. The number of rotatable bonds is 3. The predicted molar refractivity (Wildman–Crippen MR) is 101 cm³/mol. The number of amides is 4. The van der Waals surface area contributed by atoms with Crippen LogP contribution in [0.25, 0.3) is 0 Å². The molecule has 2 fully saturated rings. The lowest BCUT2D eigenvalue weighted by Crippen LogP contribution is -2.54. The molecule has 3 aliphatic rings. The second-order valence-corrected chi connectivity index (χ2v) is 7.85. The molecule has 31 heavy (non-hydrogen) atoms. The van der Waals surface area contributed by atoms with E-state index in [1.165, 1.54) is 23.1 Å². The summed E-state index contributed by atoms with van der Waals surface area (Å²) in [5, 5.41) is 5.07. The van der Waals surface area contributed by atoms with Crippen LogP contribution in [-0.4, -0.2) is 71.3 Å². The van der Waals surface area contributed by atoms with E-state index in [1.54, 1.807) is 0 Å². The topological polar surface area (TPSA) is 98.8 Å². The summed E-state index contributed by atoms with van der Waals surface area (Å²) in [7, 11) is 0. The second-order valence-electron chi connectivity index (χ2n) is 7.85. The van der Waals surface area contributed by atoms with Crippen LogP contribution in [0, 0.1) is 0 Å². The van der Waals surface area contributed by atoms with E-state index in [4.69, 9.17) is 0 Å². The van der Waals surface area contributed by atoms with Crippen molar-refractivity contribution in [1.82, 2.24) is 20.4 Å². The lowest BCUT2D eigenvalue weighted by molar-refractivity contribution is -0.184. The van der Waals surface area contributed by atoms with E-state index >= 15 is 0 Å². The number of fused-ring (bicyclic) bond motifs is 1. The molecule has 0 radical (unpaired) electrons. The Balaban J connectivity index is 1.64. The SMILES string of the molecule is O=C1CCC(N2C(=O)c3cccc(CN4CCNCCC4C(F)(F)F)c3C2=O)C(=O)N1. The number of alkyl halides is 3. The number of piperidine rings is 1. The maximum atomic E-state index is 13.6. The fourth-order valence-electron chi connectivity index (χ4n) is 4.42. The van der Waals surface area contributed by atoms with Crippen LogP contribution in [0.5, 0.6) is 0 Å². The number of hydrogen-bond acceptors (Lipinski definition) is 6. The van der Waals surface area contributed by atoms with Crippen LogP contribution < -0.4 is 10.6 Å². The minimum Gasteiger partial charge on any atom is -0.315 e. The first kappa shape index (κ1) is 21.4. The molecule has 4 amide bonds. The zero-order chi connectivity index (χ0) is 22.3. The standard InChI is InChI=1S/C20H21F3N4O4/c21-20(22,23)14-6-7-24-8-9-26(14)10-11-2-1-3-12-16(11)19(31)27(18(12)30)13-4-5-15(28)25-17(13)29/h1-3,13-14,24H,4-10H2,(H,25,28,29). The lowest BCUT2D eigenvalue weighted by atomic mass is 10.0. The number of carbonyl (C=O) groups is 4. The van der Waals surface area contributed by atoms with Gasteiger partial charge in [-0.1, -0.05) is 12.1 Å². The van der Waals surface area contributed by atoms with Crippen molar-refractivity contribution < 1.29 is 32.3 Å². The van der Waals surface area contributed by atoms with E-state index in [2.05, 4.69) is 10.6 Å². The van der Waals surface area contributed by atoms with E-state index in [9.17, 15) is 32.3 Å². The molecule has 2 N–H and O–H groups in total. The smallest absolute Gasteiger partial charge is 0.315 e. The third-order valence-corrected chi connectivity index (χ3v) is 5.92. The number of carbonyl (C=O) groups excluding carboxylic acids is 4. The summed E-state index contributed by atoms with van der Waals surface area (Å²) in [6, 6.07) is 1.69. The Morgan fingerprint density at radius 2 is 1.81 bits per heavy atom. The van der Waals surface area contributed by atoms with Crippen LogP contribution in [0.4, 0.5) is 13.2 Å². The molecule has 2 atom stereocenters. The van der Waals surface area contributed by atoms with Gasteiger partial charge in [0, 0.05) is 26.1 Å². The Kier molecular flexibility index (Phi) is 5.56. The van der Waals surface area contributed by atoms with Gasteiger partial charge in [-0.15, -0.1) is 0 Å². The van der Waals surface area contributed by atoms with Crippen LogP contribution in [0.15, 0.2) is 18.2 Å². The number of halogens is 3. The molecular weight excluding hydrogens is 417 g/mol. The highest BCUT2D eigenvalue weighted by molar-refractivity contribution is 6.24. The fourth-order valence-corrected chi connectivity index (χ4v) is 4.42. The van der Waals surface area contributed by atoms with Crippen molar-refractivity contribution in [2.75, 3.05) is 19.6 Å². The first-order valence-electron chi connectivity index (χ1n) is 10.0. The van der Waals surface area contributed by atoms with Crippen molar-refractivity contribution in [3.05, 3.63) is 34.9 Å². The van der Waals surface area contributed by atoms with Crippen molar-refractivity contribution in [3.63, 3.8) is 0 Å². The van der Waals surface area contributed by atoms with Crippen molar-refractivity contribution in [2.45, 2.75) is 44.1 Å². The highest BCUT2D eigenvalue weighted by atomic mass is 19.4. The number of nitrogens with one attached hydrogen (secondary N) is 2. The normalized spacial score (nSPS) is 25.5. The molecule has 0 aliphatic carbocycles. The van der Waals surface area contributed by atoms with Crippen molar-refractivity contribution in [1.29, 1.82) is 0 Å². The van der Waals surface area contributed by atoms with Gasteiger partial charge in [-0.2, -0.15) is 13.2 Å². The minimum absolute atomic E-state index is 0.00922. The second kappa shape index (κ2) is 8.04. The molecule has 3 heterocycles. The summed E-state index contributed by atoms with van der Waals surface area (Å²) >= 11 is 0. The molecule has 1 aromatic carbocycles. The fraction of sp³-hybridized carbons (Fsp3) is 0.500. The van der Waals surface area contributed by atoms with Gasteiger partial charge >= 0.3 is 6.18 Å². The first-order valence-corrected chi connectivity index (χ1v) is 10.0. The van der Waals surface area contributed by atoms with Crippen LogP contribution in [0.3, 0.4) is 0 Å². The van der Waals surface area contributed by atoms with Crippen LogP contribution in [0.1, 0.15) is 45.5 Å². The van der Waals surface area contributed by atoms with Crippen LogP contribution in [0.2, 0.25) is 0 Å². The van der Waals surface area contributed by atoms with Crippen LogP contribution in [-0.2, 0) is 16.1 Å². The Morgan fingerprint density at radius 1 is 1.03 bits per heavy atom. The zero-order valence-corrected chi connectivity index (χ0v) is 16.5. The average Bonchev–Trinajstić information content (AvgIpc) is 2.85. The summed E-state index contributed by atoms with van der Waals surface area (Å²) in [5.74, 6) is -2.61. The van der Waals surface area contributed by atoms with Gasteiger partial charge in [-0.25, -0.2) is 0 Å². The number of benzene rings is 1. The Bertz CT molecular complexity index is 949. The molecule has 0 saturated carbocycles. The Morgan fingerprint density at radius 3 is 2.52 bits per heavy atom. The van der Waals surface area contributed by atoms with Gasteiger partial charge in [0.1, 0.15) is 12.1 Å². The molecule has 0 aromatic heterocycles. The molecule has 1 aromatic rings. The summed E-state index contributed by atoms with van der Waals surface area (Å²) in [5.41, 5.74) is 0.390. The Labute approximate surface area is 175 Å². The highest BCUT2D eigenvalue weighted by Crippen LogP contribution is 2.33. The maximum absolute atomic E-state index is 13.6. The first-order chi connectivity index (χ1) is 14.7. The molecule has 0 bridgehead atoms. The van der Waals surface area contributed by atoms with Gasteiger partial charge in [0.25, 0.3) is 11.8 Å². The molecule has 2 saturated heterocycles. The molecule has 0 spiro atoms. The van der Waals surface area contributed by atoms with Crippen molar-refractivity contribution in [2.24, 2.45) is 0 Å². The number of hydrogen-bond donors (Lipinski definition) is 2. The summed E-state index contributed by atoms with van der Waals surface area (Å²) in [4.78, 5) is 51.7. The third kappa shape index (κ3) is 3.94. The van der Waals surface area contributed by atoms with E-state index in [0.717, 1.165) is 4.90 Å². The minimum atomic E-state index is -4.43. The van der Waals surface area contributed by atoms with Gasteiger partial charge in [-0.05, 0) is 31.0 Å². The van der Waals surface area contributed by atoms with E-state index in [-0.39, 0.29) is 50.0 Å². The predicted octanol–water partition coefficient (Wildman–Crippen LogP) is 0.814. The Hall–Kier alpha value is -2.79. The summed E-state index contributed by atoms with van der Waals surface area (Å²) < 4.78 is 40.8. The molecule has 8 nitrogen and oxygen atoms in total. The van der Waals surface area contributed by atoms with Gasteiger partial charge in [0.15, 0.2) is 0 Å². The average molecular weight is 438 g/mol. The third-order valence-electron chi connectivity index (χ3n) is 5.92. The monoisotopic (exact) mass is 438 g/mol. The van der Waals surface area contributed by atoms with Gasteiger partial charge < -0.3 is 5.32 Å². The van der Waals surface area contributed by atoms with Crippen molar-refractivity contribution >= 4 is 23.6 Å². The van der Waals surface area contributed by atoms with Gasteiger partial charge in [0.05, 0.1) is 11.1 Å². The largest absolute Gasteiger partial charge is 0.404 e. The highest BCUT2D eigenvalue weighted by Gasteiger charge is 2.47. The molecular formula is C20H21F3N4O4. The molecule has 2 unspecified atom stereocenters. The molecule has 3 aliphatic heterocycles. The lowest BCUT2D eigenvalue weighted by Gasteiger charge is -2.31. The maximum Gasteiger partial charge on any atom is 0.404 e. The number of nitrogens with zero attached hydrogens (tertiary/aromatic N) is 2. The van der Waals surface area contributed by atoms with E-state index in [0.29, 0.717) is 12.1 Å². The summed E-state index contributed by atoms with van der Waals surface area (Å²) in [6.07, 6.45) is -4.54. The van der Waals surface area contributed by atoms with Gasteiger partial charge in [-0.3, -0.25) is 34.3 Å². The zero-order valence-electron chi connectivity index (χ0n) is 16.5. The molecule has 4 rings (SSSR count). The van der Waals surface area contributed by atoms with Crippen molar-refractivity contribution in [3.8, 4) is 0 Å². The summed E-state index contributed by atoms with van der Waals surface area (Å²) in [6.45, 7) is 0.579. The number of imide groups is 2.